The first-order valence-electron chi connectivity index (χ1n) is 7.86. The number of carbonyl (C=O) groups excluding carboxylic acids is 1. The van der Waals surface area contributed by atoms with Crippen LogP contribution in [0.1, 0.15) is 12.5 Å². The van der Waals surface area contributed by atoms with E-state index in [4.69, 9.17) is 11.6 Å². The Morgan fingerprint density at radius 2 is 1.78 bits per heavy atom. The molecule has 0 saturated heterocycles. The number of halogens is 1. The highest BCUT2D eigenvalue weighted by Crippen LogP contribution is 2.17. The van der Waals surface area contributed by atoms with E-state index in [9.17, 15) is 13.2 Å². The van der Waals surface area contributed by atoms with Crippen LogP contribution in [0.15, 0.2) is 59.8 Å². The van der Waals surface area contributed by atoms with Crippen molar-refractivity contribution in [1.82, 2.24) is 14.8 Å². The molecule has 0 fully saturated rings. The first kappa shape index (κ1) is 18.9. The largest absolute Gasteiger partial charge is 0.326 e. The molecule has 0 bridgehead atoms. The standard InChI is InChI=1S/C17H16ClN5O3S/c1-12(24)20-15-6-8-16(9-7-15)27(25,26)22-17-19-11-23(21-17)10-13-2-4-14(18)5-3-13/h2-9,11H,10H2,1H3,(H,20,24)(H,21,22). The molecule has 0 spiro atoms. The molecule has 1 aromatic heterocycles. The molecular weight excluding hydrogens is 390 g/mol. The molecule has 0 aliphatic carbocycles. The fourth-order valence-corrected chi connectivity index (χ4v) is 3.37. The highest BCUT2D eigenvalue weighted by Gasteiger charge is 2.16. The Kier molecular flexibility index (Phi) is 5.43. The summed E-state index contributed by atoms with van der Waals surface area (Å²) >= 11 is 5.85. The zero-order valence-corrected chi connectivity index (χ0v) is 15.8. The molecule has 0 aliphatic rings. The molecule has 27 heavy (non-hydrogen) atoms. The summed E-state index contributed by atoms with van der Waals surface area (Å²) in [6, 6.07) is 13.0. The van der Waals surface area contributed by atoms with Gasteiger partial charge in [-0.25, -0.2) is 17.8 Å². The van der Waals surface area contributed by atoms with Crippen LogP contribution in [0.25, 0.3) is 0 Å². The minimum Gasteiger partial charge on any atom is -0.326 e. The van der Waals surface area contributed by atoms with E-state index in [1.807, 2.05) is 12.1 Å². The maximum atomic E-state index is 12.4. The Labute approximate surface area is 161 Å². The van der Waals surface area contributed by atoms with Gasteiger partial charge < -0.3 is 5.32 Å². The average molecular weight is 406 g/mol. The number of anilines is 2. The second kappa shape index (κ2) is 7.77. The second-order valence-electron chi connectivity index (χ2n) is 5.70. The molecule has 2 N–H and O–H groups in total. The van der Waals surface area contributed by atoms with Crippen LogP contribution in [0.2, 0.25) is 5.02 Å². The summed E-state index contributed by atoms with van der Waals surface area (Å²) in [5, 5.41) is 7.33. The predicted molar refractivity (Wildman–Crippen MR) is 102 cm³/mol. The number of benzene rings is 2. The lowest BCUT2D eigenvalue weighted by Gasteiger charge is -2.06. The van der Waals surface area contributed by atoms with Crippen LogP contribution >= 0.6 is 11.6 Å². The lowest BCUT2D eigenvalue weighted by molar-refractivity contribution is -0.114. The summed E-state index contributed by atoms with van der Waals surface area (Å²) in [6.45, 7) is 1.80. The van der Waals surface area contributed by atoms with Gasteiger partial charge in [-0.05, 0) is 42.0 Å². The molecule has 3 aromatic rings. The quantitative estimate of drug-likeness (QED) is 0.655. The lowest BCUT2D eigenvalue weighted by Crippen LogP contribution is -2.14. The Hall–Kier alpha value is -2.91. The van der Waals surface area contributed by atoms with Gasteiger partial charge in [-0.3, -0.25) is 4.79 Å². The number of aromatic nitrogens is 3. The fraction of sp³-hybridized carbons (Fsp3) is 0.118. The van der Waals surface area contributed by atoms with Gasteiger partial charge in [0, 0.05) is 17.6 Å². The van der Waals surface area contributed by atoms with Crippen molar-refractivity contribution in [3.8, 4) is 0 Å². The van der Waals surface area contributed by atoms with Gasteiger partial charge in [-0.2, -0.15) is 4.98 Å². The molecule has 140 valence electrons. The highest BCUT2D eigenvalue weighted by atomic mass is 35.5. The average Bonchev–Trinajstić information content (AvgIpc) is 3.03. The van der Waals surface area contributed by atoms with E-state index in [1.165, 1.54) is 42.2 Å². The monoisotopic (exact) mass is 405 g/mol. The third kappa shape index (κ3) is 5.05. The van der Waals surface area contributed by atoms with Crippen LogP contribution in [-0.2, 0) is 21.4 Å². The van der Waals surface area contributed by atoms with Gasteiger partial charge in [-0.1, -0.05) is 23.7 Å². The molecule has 8 nitrogen and oxygen atoms in total. The summed E-state index contributed by atoms with van der Waals surface area (Å²) in [6.07, 6.45) is 1.44. The third-order valence-corrected chi connectivity index (χ3v) is 5.10. The number of nitrogens with zero attached hydrogens (tertiary/aromatic N) is 3. The van der Waals surface area contributed by atoms with Crippen LogP contribution in [-0.4, -0.2) is 29.1 Å². The van der Waals surface area contributed by atoms with Crippen molar-refractivity contribution in [2.45, 2.75) is 18.4 Å². The van der Waals surface area contributed by atoms with Gasteiger partial charge in [0.1, 0.15) is 6.33 Å². The van der Waals surface area contributed by atoms with Crippen molar-refractivity contribution in [1.29, 1.82) is 0 Å². The molecule has 0 aliphatic heterocycles. The van der Waals surface area contributed by atoms with Crippen LogP contribution < -0.4 is 10.0 Å². The summed E-state index contributed by atoms with van der Waals surface area (Å²) < 4.78 is 28.7. The molecule has 0 saturated carbocycles. The van der Waals surface area contributed by atoms with Gasteiger partial charge in [0.2, 0.25) is 5.91 Å². The summed E-state index contributed by atoms with van der Waals surface area (Å²) in [7, 11) is -3.84. The van der Waals surface area contributed by atoms with Crippen molar-refractivity contribution in [2.75, 3.05) is 10.0 Å². The van der Waals surface area contributed by atoms with Crippen molar-refractivity contribution >= 4 is 39.2 Å². The number of sulfonamides is 1. The van der Waals surface area contributed by atoms with Crippen LogP contribution in [0.4, 0.5) is 11.6 Å². The molecule has 0 atom stereocenters. The SMILES string of the molecule is CC(=O)Nc1ccc(S(=O)(=O)Nc2ncn(Cc3ccc(Cl)cc3)n2)cc1. The molecule has 2 aromatic carbocycles. The fourth-order valence-electron chi connectivity index (χ4n) is 2.29. The van der Waals surface area contributed by atoms with Crippen molar-refractivity contribution < 1.29 is 13.2 Å². The number of rotatable bonds is 6. The molecule has 3 rings (SSSR count). The topological polar surface area (TPSA) is 106 Å². The zero-order chi connectivity index (χ0) is 19.4. The number of carbonyl (C=O) groups is 1. The smallest absolute Gasteiger partial charge is 0.264 e. The Bertz CT molecular complexity index is 1050. The van der Waals surface area contributed by atoms with Gasteiger partial charge >= 0.3 is 0 Å². The van der Waals surface area contributed by atoms with E-state index in [0.717, 1.165) is 5.56 Å². The summed E-state index contributed by atoms with van der Waals surface area (Å²) in [5.41, 5.74) is 1.46. The van der Waals surface area contributed by atoms with Crippen molar-refractivity contribution in [2.24, 2.45) is 0 Å². The van der Waals surface area contributed by atoms with Gasteiger partial charge in [0.25, 0.3) is 16.0 Å². The number of amides is 1. The molecule has 1 amide bonds. The first-order valence-corrected chi connectivity index (χ1v) is 9.72. The molecular formula is C17H16ClN5O3S. The normalized spacial score (nSPS) is 11.2. The Balaban J connectivity index is 1.69. The maximum absolute atomic E-state index is 12.4. The molecule has 0 unspecified atom stereocenters. The lowest BCUT2D eigenvalue weighted by atomic mass is 10.2. The summed E-state index contributed by atoms with van der Waals surface area (Å²) in [4.78, 5) is 15.0. The van der Waals surface area contributed by atoms with E-state index in [-0.39, 0.29) is 16.8 Å². The van der Waals surface area contributed by atoms with E-state index in [0.29, 0.717) is 17.3 Å². The minimum atomic E-state index is -3.84. The summed E-state index contributed by atoms with van der Waals surface area (Å²) in [5.74, 6) is -0.269. The maximum Gasteiger partial charge on any atom is 0.264 e. The first-order chi connectivity index (χ1) is 12.8. The van der Waals surface area contributed by atoms with Gasteiger partial charge in [-0.15, -0.1) is 5.10 Å². The number of hydrogen-bond donors (Lipinski definition) is 2. The molecule has 0 radical (unpaired) electrons. The Morgan fingerprint density at radius 1 is 1.11 bits per heavy atom. The molecule has 1 heterocycles. The van der Waals surface area contributed by atoms with Crippen LogP contribution in [0, 0.1) is 0 Å². The van der Waals surface area contributed by atoms with Gasteiger partial charge in [0.15, 0.2) is 0 Å². The van der Waals surface area contributed by atoms with E-state index >= 15 is 0 Å². The number of nitrogens with one attached hydrogen (secondary N) is 2. The second-order valence-corrected chi connectivity index (χ2v) is 7.82. The highest BCUT2D eigenvalue weighted by molar-refractivity contribution is 7.92. The third-order valence-electron chi connectivity index (χ3n) is 3.50. The van der Waals surface area contributed by atoms with Crippen LogP contribution in [0.5, 0.6) is 0 Å². The minimum absolute atomic E-state index is 0.0325. The van der Waals surface area contributed by atoms with E-state index in [2.05, 4.69) is 20.1 Å². The zero-order valence-electron chi connectivity index (χ0n) is 14.3. The van der Waals surface area contributed by atoms with Gasteiger partial charge in [0.05, 0.1) is 11.4 Å². The molecule has 10 heteroatoms. The van der Waals surface area contributed by atoms with E-state index < -0.39 is 10.0 Å². The predicted octanol–water partition coefficient (Wildman–Crippen LogP) is 2.74. The van der Waals surface area contributed by atoms with Crippen molar-refractivity contribution in [3.63, 3.8) is 0 Å². The van der Waals surface area contributed by atoms with E-state index in [1.54, 1.807) is 12.1 Å². The number of hydrogen-bond acceptors (Lipinski definition) is 5. The van der Waals surface area contributed by atoms with Crippen molar-refractivity contribution in [3.05, 3.63) is 65.4 Å². The Morgan fingerprint density at radius 3 is 2.41 bits per heavy atom. The van der Waals surface area contributed by atoms with Crippen LogP contribution in [0.3, 0.4) is 0 Å².